The van der Waals surface area contributed by atoms with E-state index in [9.17, 15) is 4.79 Å². The number of Topliss-reactive ketones (excluding diaryl/α,β-unsaturated/α-hetero) is 1. The second kappa shape index (κ2) is 4.41. The highest BCUT2D eigenvalue weighted by atomic mass is 16.5. The van der Waals surface area contributed by atoms with Crippen molar-refractivity contribution in [1.82, 2.24) is 0 Å². The number of ketones is 1. The lowest BCUT2D eigenvalue weighted by Gasteiger charge is -2.08. The van der Waals surface area contributed by atoms with E-state index in [0.717, 1.165) is 19.3 Å². The van der Waals surface area contributed by atoms with Gasteiger partial charge in [-0.3, -0.25) is 4.79 Å². The summed E-state index contributed by atoms with van der Waals surface area (Å²) in [6, 6.07) is 0. The van der Waals surface area contributed by atoms with Crippen molar-refractivity contribution in [3.63, 3.8) is 0 Å². The smallest absolute Gasteiger partial charge is 0.162 e. The van der Waals surface area contributed by atoms with E-state index in [-0.39, 0.29) is 11.9 Å². The van der Waals surface area contributed by atoms with Crippen molar-refractivity contribution < 1.29 is 9.53 Å². The standard InChI is InChI=1S/C10H16O2/c1-3-8-4-6-9(11)10(12-2)7-5-8/h5,10H,3-4,6-7H2,1-2H3. The van der Waals surface area contributed by atoms with Gasteiger partial charge in [-0.05, 0) is 19.3 Å². The molecule has 0 bridgehead atoms. The van der Waals surface area contributed by atoms with Gasteiger partial charge in [-0.1, -0.05) is 18.6 Å². The van der Waals surface area contributed by atoms with Crippen LogP contribution in [-0.2, 0) is 9.53 Å². The van der Waals surface area contributed by atoms with Crippen molar-refractivity contribution in [2.75, 3.05) is 7.11 Å². The van der Waals surface area contributed by atoms with E-state index in [1.54, 1.807) is 7.11 Å². The molecule has 0 spiro atoms. The van der Waals surface area contributed by atoms with Crippen LogP contribution in [0, 0.1) is 0 Å². The fourth-order valence-corrected chi connectivity index (χ4v) is 1.50. The minimum Gasteiger partial charge on any atom is -0.373 e. The van der Waals surface area contributed by atoms with Gasteiger partial charge in [0, 0.05) is 13.5 Å². The summed E-state index contributed by atoms with van der Waals surface area (Å²) >= 11 is 0. The van der Waals surface area contributed by atoms with Crippen LogP contribution in [0.25, 0.3) is 0 Å². The fraction of sp³-hybridized carbons (Fsp3) is 0.700. The maximum atomic E-state index is 11.3. The Balaban J connectivity index is 2.60. The van der Waals surface area contributed by atoms with Crippen LogP contribution >= 0.6 is 0 Å². The third-order valence-corrected chi connectivity index (χ3v) is 2.41. The van der Waals surface area contributed by atoms with Crippen molar-refractivity contribution in [3.8, 4) is 0 Å². The van der Waals surface area contributed by atoms with Gasteiger partial charge < -0.3 is 4.74 Å². The van der Waals surface area contributed by atoms with Crippen molar-refractivity contribution in [3.05, 3.63) is 11.6 Å². The van der Waals surface area contributed by atoms with E-state index in [1.807, 2.05) is 0 Å². The molecule has 68 valence electrons. The molecule has 2 nitrogen and oxygen atoms in total. The number of hydrogen-bond donors (Lipinski definition) is 0. The predicted molar refractivity (Wildman–Crippen MR) is 48.0 cm³/mol. The number of carbonyl (C=O) groups excluding carboxylic acids is 1. The van der Waals surface area contributed by atoms with Gasteiger partial charge >= 0.3 is 0 Å². The molecule has 0 aromatic rings. The zero-order valence-electron chi connectivity index (χ0n) is 7.80. The Hall–Kier alpha value is -0.630. The Labute approximate surface area is 73.6 Å². The molecule has 0 aromatic heterocycles. The highest BCUT2D eigenvalue weighted by Gasteiger charge is 2.19. The maximum Gasteiger partial charge on any atom is 0.162 e. The highest BCUT2D eigenvalue weighted by molar-refractivity contribution is 5.83. The van der Waals surface area contributed by atoms with Crippen LogP contribution in [0.5, 0.6) is 0 Å². The largest absolute Gasteiger partial charge is 0.373 e. The lowest BCUT2D eigenvalue weighted by atomic mass is 10.1. The summed E-state index contributed by atoms with van der Waals surface area (Å²) in [5.41, 5.74) is 1.39. The van der Waals surface area contributed by atoms with Gasteiger partial charge in [0.1, 0.15) is 6.10 Å². The molecule has 2 heteroatoms. The molecular formula is C10H16O2. The molecular weight excluding hydrogens is 152 g/mol. The number of methoxy groups -OCH3 is 1. The summed E-state index contributed by atoms with van der Waals surface area (Å²) in [6.07, 6.45) is 5.36. The van der Waals surface area contributed by atoms with Crippen molar-refractivity contribution in [2.24, 2.45) is 0 Å². The Morgan fingerprint density at radius 2 is 2.33 bits per heavy atom. The molecule has 0 aromatic carbocycles. The number of rotatable bonds is 2. The van der Waals surface area contributed by atoms with E-state index < -0.39 is 0 Å². The molecule has 1 aliphatic rings. The van der Waals surface area contributed by atoms with E-state index in [4.69, 9.17) is 4.74 Å². The summed E-state index contributed by atoms with van der Waals surface area (Å²) in [5.74, 6) is 0.247. The van der Waals surface area contributed by atoms with Gasteiger partial charge in [0.15, 0.2) is 5.78 Å². The van der Waals surface area contributed by atoms with Crippen LogP contribution < -0.4 is 0 Å². The van der Waals surface area contributed by atoms with Gasteiger partial charge in [-0.2, -0.15) is 0 Å². The molecule has 0 saturated carbocycles. The Bertz CT molecular complexity index is 194. The molecule has 0 aliphatic heterocycles. The zero-order valence-corrected chi connectivity index (χ0v) is 7.80. The summed E-state index contributed by atoms with van der Waals surface area (Å²) in [6.45, 7) is 2.13. The predicted octanol–water partition coefficient (Wildman–Crippen LogP) is 2.09. The van der Waals surface area contributed by atoms with Gasteiger partial charge in [-0.15, -0.1) is 0 Å². The molecule has 12 heavy (non-hydrogen) atoms. The van der Waals surface area contributed by atoms with Gasteiger partial charge in [0.05, 0.1) is 0 Å². The number of carbonyl (C=O) groups is 1. The Morgan fingerprint density at radius 3 is 2.92 bits per heavy atom. The summed E-state index contributed by atoms with van der Waals surface area (Å²) in [4.78, 5) is 11.3. The molecule has 1 rings (SSSR count). The van der Waals surface area contributed by atoms with E-state index in [1.165, 1.54) is 5.57 Å². The Kier molecular flexibility index (Phi) is 3.48. The Morgan fingerprint density at radius 1 is 1.58 bits per heavy atom. The van der Waals surface area contributed by atoms with Crippen molar-refractivity contribution >= 4 is 5.78 Å². The third kappa shape index (κ3) is 2.18. The van der Waals surface area contributed by atoms with E-state index in [0.29, 0.717) is 6.42 Å². The molecule has 1 atom stereocenters. The molecule has 0 heterocycles. The lowest BCUT2D eigenvalue weighted by molar-refractivity contribution is -0.128. The first-order valence-corrected chi connectivity index (χ1v) is 4.51. The van der Waals surface area contributed by atoms with Crippen molar-refractivity contribution in [2.45, 2.75) is 38.7 Å². The summed E-state index contributed by atoms with van der Waals surface area (Å²) in [7, 11) is 1.60. The lowest BCUT2D eigenvalue weighted by Crippen LogP contribution is -2.20. The molecule has 1 unspecified atom stereocenters. The first-order valence-electron chi connectivity index (χ1n) is 4.51. The number of hydrogen-bond acceptors (Lipinski definition) is 2. The third-order valence-electron chi connectivity index (χ3n) is 2.41. The number of allylic oxidation sites excluding steroid dienone is 1. The van der Waals surface area contributed by atoms with Crippen LogP contribution in [0.15, 0.2) is 11.6 Å². The molecule has 0 saturated heterocycles. The normalized spacial score (nSPS) is 25.0. The number of ether oxygens (including phenoxy) is 1. The second-order valence-electron chi connectivity index (χ2n) is 3.14. The van der Waals surface area contributed by atoms with Gasteiger partial charge in [0.2, 0.25) is 0 Å². The summed E-state index contributed by atoms with van der Waals surface area (Å²) in [5, 5.41) is 0. The zero-order chi connectivity index (χ0) is 8.97. The topological polar surface area (TPSA) is 26.3 Å². The van der Waals surface area contributed by atoms with E-state index in [2.05, 4.69) is 13.0 Å². The van der Waals surface area contributed by atoms with Gasteiger partial charge in [-0.25, -0.2) is 0 Å². The fourth-order valence-electron chi connectivity index (χ4n) is 1.50. The average Bonchev–Trinajstić information content (AvgIpc) is 2.27. The van der Waals surface area contributed by atoms with Crippen LogP contribution in [0.1, 0.15) is 32.6 Å². The first kappa shape index (κ1) is 9.46. The molecule has 0 amide bonds. The molecule has 1 aliphatic carbocycles. The monoisotopic (exact) mass is 168 g/mol. The minimum absolute atomic E-state index is 0.186. The quantitative estimate of drug-likeness (QED) is 0.590. The van der Waals surface area contributed by atoms with E-state index >= 15 is 0 Å². The maximum absolute atomic E-state index is 11.3. The van der Waals surface area contributed by atoms with Crippen LogP contribution in [0.4, 0.5) is 0 Å². The minimum atomic E-state index is -0.186. The SMILES string of the molecule is CCC1=CCC(OC)C(=O)CC1. The first-order chi connectivity index (χ1) is 5.77. The second-order valence-corrected chi connectivity index (χ2v) is 3.14. The summed E-state index contributed by atoms with van der Waals surface area (Å²) < 4.78 is 5.08. The van der Waals surface area contributed by atoms with Crippen molar-refractivity contribution in [1.29, 1.82) is 0 Å². The molecule has 0 N–H and O–H groups in total. The highest BCUT2D eigenvalue weighted by Crippen LogP contribution is 2.18. The van der Waals surface area contributed by atoms with Crippen LogP contribution in [0.3, 0.4) is 0 Å². The molecule has 0 fully saturated rings. The van der Waals surface area contributed by atoms with Crippen LogP contribution in [0.2, 0.25) is 0 Å². The van der Waals surface area contributed by atoms with Gasteiger partial charge in [0.25, 0.3) is 0 Å². The molecule has 0 radical (unpaired) electrons. The average molecular weight is 168 g/mol. The van der Waals surface area contributed by atoms with Crippen LogP contribution in [-0.4, -0.2) is 19.0 Å².